The van der Waals surface area contributed by atoms with Crippen LogP contribution in [0.1, 0.15) is 23.5 Å². The van der Waals surface area contributed by atoms with Crippen LogP contribution in [0.25, 0.3) is 0 Å². The summed E-state index contributed by atoms with van der Waals surface area (Å²) in [7, 11) is -1.63. The number of hydrogen-bond acceptors (Lipinski definition) is 8. The summed E-state index contributed by atoms with van der Waals surface area (Å²) in [5.74, 6) is -0.101. The van der Waals surface area contributed by atoms with Crippen LogP contribution in [-0.2, 0) is 14.6 Å². The molecule has 0 bridgehead atoms. The number of anilines is 2. The van der Waals surface area contributed by atoms with E-state index in [0.717, 1.165) is 11.3 Å². The van der Waals surface area contributed by atoms with Gasteiger partial charge >= 0.3 is 5.97 Å². The third kappa shape index (κ3) is 4.50. The first-order valence-corrected chi connectivity index (χ1v) is 9.07. The third-order valence-electron chi connectivity index (χ3n) is 2.70. The molecule has 0 aromatic carbocycles. The standard InChI is InChI=1S/C12H20N2O5S2/c1-4-19-12(15)10-8(13)9(18-3)11(20-10)14-6-7-21(16,17)5-2/h14H,4-7,13H2,1-3H3. The zero-order valence-electron chi connectivity index (χ0n) is 12.3. The van der Waals surface area contributed by atoms with Gasteiger partial charge in [-0.1, -0.05) is 6.92 Å². The molecule has 0 unspecified atom stereocenters. The summed E-state index contributed by atoms with van der Waals surface area (Å²) in [6, 6.07) is 0. The summed E-state index contributed by atoms with van der Waals surface area (Å²) in [6.45, 7) is 3.76. The van der Waals surface area contributed by atoms with Crippen molar-refractivity contribution in [2.45, 2.75) is 13.8 Å². The van der Waals surface area contributed by atoms with Gasteiger partial charge in [-0.05, 0) is 6.92 Å². The number of nitrogens with one attached hydrogen (secondary N) is 1. The summed E-state index contributed by atoms with van der Waals surface area (Å²) in [5.41, 5.74) is 6.05. The van der Waals surface area contributed by atoms with Crippen LogP contribution in [0.3, 0.4) is 0 Å². The first-order valence-electron chi connectivity index (χ1n) is 6.43. The van der Waals surface area contributed by atoms with Gasteiger partial charge in [0.2, 0.25) is 0 Å². The molecular formula is C12H20N2O5S2. The van der Waals surface area contributed by atoms with Crippen molar-refractivity contribution in [1.82, 2.24) is 0 Å². The zero-order chi connectivity index (χ0) is 16.0. The number of esters is 1. The molecular weight excluding hydrogens is 316 g/mol. The lowest BCUT2D eigenvalue weighted by Gasteiger charge is -2.06. The molecule has 3 N–H and O–H groups in total. The molecule has 7 nitrogen and oxygen atoms in total. The Bertz CT molecular complexity index is 595. The number of nitrogens with two attached hydrogens (primary N) is 1. The van der Waals surface area contributed by atoms with Crippen LogP contribution in [0.2, 0.25) is 0 Å². The van der Waals surface area contributed by atoms with Gasteiger partial charge in [0, 0.05) is 12.3 Å². The number of methoxy groups -OCH3 is 1. The lowest BCUT2D eigenvalue weighted by atomic mass is 10.3. The Morgan fingerprint density at radius 1 is 1.38 bits per heavy atom. The Balaban J connectivity index is 2.87. The lowest BCUT2D eigenvalue weighted by Crippen LogP contribution is -2.16. The molecule has 1 heterocycles. The van der Waals surface area contributed by atoms with Crippen molar-refractivity contribution in [2.75, 3.05) is 42.8 Å². The van der Waals surface area contributed by atoms with Gasteiger partial charge in [0.05, 0.1) is 19.5 Å². The third-order valence-corrected chi connectivity index (χ3v) is 5.53. The Hall–Kier alpha value is -1.48. The van der Waals surface area contributed by atoms with Crippen molar-refractivity contribution in [3.8, 4) is 5.75 Å². The molecule has 1 aromatic heterocycles. The summed E-state index contributed by atoms with van der Waals surface area (Å²) in [4.78, 5) is 12.0. The minimum Gasteiger partial charge on any atom is -0.492 e. The van der Waals surface area contributed by atoms with E-state index in [4.69, 9.17) is 15.2 Å². The summed E-state index contributed by atoms with van der Waals surface area (Å²) >= 11 is 1.09. The Morgan fingerprint density at radius 3 is 2.57 bits per heavy atom. The second-order valence-corrected chi connectivity index (χ2v) is 7.58. The van der Waals surface area contributed by atoms with Crippen molar-refractivity contribution in [2.24, 2.45) is 0 Å². The van der Waals surface area contributed by atoms with Crippen molar-refractivity contribution in [1.29, 1.82) is 0 Å². The maximum Gasteiger partial charge on any atom is 0.350 e. The van der Waals surface area contributed by atoms with Gasteiger partial charge in [0.15, 0.2) is 15.6 Å². The number of carbonyl (C=O) groups is 1. The molecule has 0 saturated carbocycles. The van der Waals surface area contributed by atoms with Crippen LogP contribution in [0.5, 0.6) is 5.75 Å². The molecule has 0 radical (unpaired) electrons. The number of thiophene rings is 1. The van der Waals surface area contributed by atoms with E-state index in [1.165, 1.54) is 7.11 Å². The molecule has 120 valence electrons. The van der Waals surface area contributed by atoms with Crippen molar-refractivity contribution in [3.05, 3.63) is 4.88 Å². The molecule has 0 fully saturated rings. The fraction of sp³-hybridized carbons (Fsp3) is 0.583. The molecule has 0 aliphatic carbocycles. The van der Waals surface area contributed by atoms with Gasteiger partial charge in [0.25, 0.3) is 0 Å². The van der Waals surface area contributed by atoms with E-state index in [9.17, 15) is 13.2 Å². The second kappa shape index (κ2) is 7.51. The quantitative estimate of drug-likeness (QED) is 0.690. The van der Waals surface area contributed by atoms with Crippen LogP contribution in [0.4, 0.5) is 10.7 Å². The van der Waals surface area contributed by atoms with Crippen molar-refractivity contribution >= 4 is 37.8 Å². The Morgan fingerprint density at radius 2 is 2.05 bits per heavy atom. The number of nitrogen functional groups attached to an aromatic ring is 1. The highest BCUT2D eigenvalue weighted by molar-refractivity contribution is 7.91. The van der Waals surface area contributed by atoms with Crippen molar-refractivity contribution < 1.29 is 22.7 Å². The zero-order valence-corrected chi connectivity index (χ0v) is 13.9. The van der Waals surface area contributed by atoms with E-state index in [2.05, 4.69) is 5.32 Å². The molecule has 9 heteroatoms. The number of ether oxygens (including phenoxy) is 2. The molecule has 0 amide bonds. The van der Waals surface area contributed by atoms with Crippen LogP contribution in [0.15, 0.2) is 0 Å². The lowest BCUT2D eigenvalue weighted by molar-refractivity contribution is 0.0533. The fourth-order valence-corrected chi connectivity index (χ4v) is 3.27. The maximum atomic E-state index is 11.8. The highest BCUT2D eigenvalue weighted by atomic mass is 32.2. The van der Waals surface area contributed by atoms with Gasteiger partial charge in [0.1, 0.15) is 15.6 Å². The number of rotatable bonds is 8. The first kappa shape index (κ1) is 17.6. The molecule has 0 aliphatic heterocycles. The average Bonchev–Trinajstić information content (AvgIpc) is 2.75. The SMILES string of the molecule is CCOC(=O)c1sc(NCCS(=O)(=O)CC)c(OC)c1N. The van der Waals surface area contributed by atoms with E-state index < -0.39 is 15.8 Å². The van der Waals surface area contributed by atoms with Gasteiger partial charge in [-0.25, -0.2) is 13.2 Å². The van der Waals surface area contributed by atoms with E-state index in [-0.39, 0.29) is 35.2 Å². The predicted octanol–water partition coefficient (Wildman–Crippen LogP) is 1.36. The summed E-state index contributed by atoms with van der Waals surface area (Å²) in [5, 5.41) is 3.46. The molecule has 1 rings (SSSR count). The van der Waals surface area contributed by atoms with Crippen LogP contribution in [0, 0.1) is 0 Å². The van der Waals surface area contributed by atoms with Crippen LogP contribution in [-0.4, -0.2) is 46.2 Å². The highest BCUT2D eigenvalue weighted by Gasteiger charge is 2.22. The van der Waals surface area contributed by atoms with Gasteiger partial charge in [-0.3, -0.25) is 0 Å². The summed E-state index contributed by atoms with van der Waals surface area (Å²) in [6.07, 6.45) is 0. The van der Waals surface area contributed by atoms with E-state index >= 15 is 0 Å². The van der Waals surface area contributed by atoms with E-state index in [1.54, 1.807) is 13.8 Å². The van der Waals surface area contributed by atoms with Gasteiger partial charge < -0.3 is 20.5 Å². The largest absolute Gasteiger partial charge is 0.492 e. The van der Waals surface area contributed by atoms with E-state index in [0.29, 0.717) is 10.8 Å². The van der Waals surface area contributed by atoms with Gasteiger partial charge in [-0.2, -0.15) is 0 Å². The molecule has 1 aromatic rings. The molecule has 0 aliphatic rings. The number of hydrogen-bond donors (Lipinski definition) is 2. The molecule has 0 spiro atoms. The monoisotopic (exact) mass is 336 g/mol. The highest BCUT2D eigenvalue weighted by Crippen LogP contribution is 2.42. The minimum absolute atomic E-state index is 0.000795. The topological polar surface area (TPSA) is 108 Å². The van der Waals surface area contributed by atoms with Crippen LogP contribution < -0.4 is 15.8 Å². The first-order chi connectivity index (χ1) is 9.86. The predicted molar refractivity (Wildman–Crippen MR) is 84.1 cm³/mol. The Labute approximate surface area is 128 Å². The molecule has 0 saturated heterocycles. The van der Waals surface area contributed by atoms with Crippen LogP contribution >= 0.6 is 11.3 Å². The molecule has 0 atom stereocenters. The van der Waals surface area contributed by atoms with Crippen molar-refractivity contribution in [3.63, 3.8) is 0 Å². The maximum absolute atomic E-state index is 11.8. The second-order valence-electron chi connectivity index (χ2n) is 4.09. The average molecular weight is 336 g/mol. The smallest absolute Gasteiger partial charge is 0.350 e. The molecule has 21 heavy (non-hydrogen) atoms. The van der Waals surface area contributed by atoms with E-state index in [1.807, 2.05) is 0 Å². The fourth-order valence-electron chi connectivity index (χ4n) is 1.56. The van der Waals surface area contributed by atoms with Gasteiger partial charge in [-0.15, -0.1) is 11.3 Å². The number of sulfone groups is 1. The minimum atomic E-state index is -3.06. The Kier molecular flexibility index (Phi) is 6.28. The number of carbonyl (C=O) groups excluding carboxylic acids is 1. The normalized spacial score (nSPS) is 11.2. The summed E-state index contributed by atoms with van der Waals surface area (Å²) < 4.78 is 33.0.